The molecule has 0 N–H and O–H groups in total. The smallest absolute Gasteiger partial charge is 0.368 e. The van der Waals surface area contributed by atoms with E-state index < -0.39 is 17.6 Å². The Morgan fingerprint density at radius 2 is 1.65 bits per heavy atom. The van der Waals surface area contributed by atoms with Crippen molar-refractivity contribution in [1.29, 1.82) is 5.26 Å². The standard InChI is InChI=1S/C31H29Cl2F4N5O/c1-39(17-21-4-8-25(28(34)14-21)31(35,36)37)29-19-42(18-24(29)22-5-9-26(32)27(33)15-22)30(43)41-12-10-40(11-13-41)23-6-2-20(16-38)3-7-23/h2-9,14-15,24,29H,10-13,17-19H2,1H3. The zero-order chi connectivity index (χ0) is 30.9. The molecule has 6 nitrogen and oxygen atoms in total. The summed E-state index contributed by atoms with van der Waals surface area (Å²) in [5, 5.41) is 9.84. The predicted molar refractivity (Wildman–Crippen MR) is 158 cm³/mol. The molecule has 3 aromatic rings. The third-order valence-electron chi connectivity index (χ3n) is 8.18. The lowest BCUT2D eigenvalue weighted by Gasteiger charge is -2.38. The van der Waals surface area contributed by atoms with Gasteiger partial charge >= 0.3 is 12.2 Å². The van der Waals surface area contributed by atoms with Gasteiger partial charge in [0.25, 0.3) is 0 Å². The molecule has 0 aromatic heterocycles. The Kier molecular flexibility index (Phi) is 9.07. The molecule has 2 fully saturated rings. The molecule has 43 heavy (non-hydrogen) atoms. The molecule has 0 spiro atoms. The molecule has 2 saturated heterocycles. The van der Waals surface area contributed by atoms with E-state index in [1.165, 1.54) is 6.07 Å². The first kappa shape index (κ1) is 30.9. The van der Waals surface area contributed by atoms with Gasteiger partial charge in [0.2, 0.25) is 0 Å². The summed E-state index contributed by atoms with van der Waals surface area (Å²) in [6.45, 7) is 3.30. The fourth-order valence-electron chi connectivity index (χ4n) is 5.85. The number of nitrogens with zero attached hydrogens (tertiary/aromatic N) is 5. The van der Waals surface area contributed by atoms with E-state index in [1.807, 2.05) is 35.0 Å². The highest BCUT2D eigenvalue weighted by Gasteiger charge is 2.41. The van der Waals surface area contributed by atoms with E-state index in [4.69, 9.17) is 28.5 Å². The molecular formula is C31H29Cl2F4N5O. The Bertz CT molecular complexity index is 1520. The van der Waals surface area contributed by atoms with E-state index >= 15 is 0 Å². The molecule has 0 radical (unpaired) electrons. The van der Waals surface area contributed by atoms with E-state index in [0.717, 1.165) is 23.4 Å². The van der Waals surface area contributed by atoms with Crippen molar-refractivity contribution >= 4 is 34.9 Å². The van der Waals surface area contributed by atoms with E-state index in [2.05, 4.69) is 11.0 Å². The first-order valence-corrected chi connectivity index (χ1v) is 14.5. The van der Waals surface area contributed by atoms with Gasteiger partial charge in [-0.1, -0.05) is 35.3 Å². The first-order valence-electron chi connectivity index (χ1n) is 13.7. The second-order valence-corrected chi connectivity index (χ2v) is 11.7. The predicted octanol–water partition coefficient (Wildman–Crippen LogP) is 6.86. The van der Waals surface area contributed by atoms with Gasteiger partial charge < -0.3 is 14.7 Å². The van der Waals surface area contributed by atoms with Gasteiger partial charge in [-0.25, -0.2) is 9.18 Å². The van der Waals surface area contributed by atoms with E-state index in [-0.39, 0.29) is 24.5 Å². The average Bonchev–Trinajstić information content (AvgIpc) is 3.43. The largest absolute Gasteiger partial charge is 0.419 e. The van der Waals surface area contributed by atoms with Gasteiger partial charge in [0.15, 0.2) is 0 Å². The van der Waals surface area contributed by atoms with Crippen molar-refractivity contribution in [2.75, 3.05) is 51.2 Å². The molecule has 12 heteroatoms. The number of likely N-dealkylation sites (N-methyl/N-ethyl adjacent to an activating group) is 1. The molecule has 0 saturated carbocycles. The van der Waals surface area contributed by atoms with Crippen molar-refractivity contribution in [3.05, 3.63) is 98.8 Å². The van der Waals surface area contributed by atoms with Crippen molar-refractivity contribution in [2.45, 2.75) is 24.7 Å². The molecule has 226 valence electrons. The number of anilines is 1. The molecule has 2 heterocycles. The molecule has 2 unspecified atom stereocenters. The van der Waals surface area contributed by atoms with Crippen LogP contribution in [-0.2, 0) is 12.7 Å². The van der Waals surface area contributed by atoms with Crippen molar-refractivity contribution < 1.29 is 22.4 Å². The number of halogens is 6. The Labute approximate surface area is 257 Å². The van der Waals surface area contributed by atoms with Crippen LogP contribution in [-0.4, -0.2) is 73.1 Å². The summed E-state index contributed by atoms with van der Waals surface area (Å²) in [6.07, 6.45) is -4.77. The number of nitriles is 1. The number of urea groups is 1. The van der Waals surface area contributed by atoms with Gasteiger partial charge in [-0.2, -0.15) is 18.4 Å². The maximum absolute atomic E-state index is 14.3. The summed E-state index contributed by atoms with van der Waals surface area (Å²) in [5.41, 5.74) is 1.55. The maximum Gasteiger partial charge on any atom is 0.419 e. The summed E-state index contributed by atoms with van der Waals surface area (Å²) in [4.78, 5) is 21.4. The van der Waals surface area contributed by atoms with Gasteiger partial charge in [-0.15, -0.1) is 0 Å². The molecule has 2 aliphatic heterocycles. The molecule has 0 bridgehead atoms. The fraction of sp³-hybridized carbons (Fsp3) is 0.355. The van der Waals surface area contributed by atoms with Crippen LogP contribution in [0.1, 0.15) is 28.2 Å². The Morgan fingerprint density at radius 1 is 0.953 bits per heavy atom. The van der Waals surface area contributed by atoms with Crippen molar-refractivity contribution in [3.63, 3.8) is 0 Å². The van der Waals surface area contributed by atoms with Gasteiger partial charge in [-0.3, -0.25) is 4.90 Å². The first-order chi connectivity index (χ1) is 20.4. The minimum Gasteiger partial charge on any atom is -0.368 e. The number of likely N-dealkylation sites (tertiary alicyclic amines) is 1. The number of rotatable bonds is 5. The third kappa shape index (κ3) is 6.85. The van der Waals surface area contributed by atoms with Crippen LogP contribution in [0, 0.1) is 17.1 Å². The van der Waals surface area contributed by atoms with Gasteiger partial charge in [-0.05, 0) is 66.7 Å². The third-order valence-corrected chi connectivity index (χ3v) is 8.92. The van der Waals surface area contributed by atoms with Gasteiger partial charge in [0.05, 0.1) is 27.2 Å². The Balaban J connectivity index is 1.31. The fourth-order valence-corrected chi connectivity index (χ4v) is 6.16. The summed E-state index contributed by atoms with van der Waals surface area (Å²) < 4.78 is 53.5. The van der Waals surface area contributed by atoms with Gasteiger partial charge in [0.1, 0.15) is 5.82 Å². The minimum absolute atomic E-state index is 0.0963. The number of hydrogen-bond donors (Lipinski definition) is 0. The number of hydrogen-bond acceptors (Lipinski definition) is 4. The molecule has 2 atom stereocenters. The van der Waals surface area contributed by atoms with Crippen LogP contribution in [0.2, 0.25) is 10.0 Å². The van der Waals surface area contributed by atoms with Crippen molar-refractivity contribution in [3.8, 4) is 6.07 Å². The number of benzene rings is 3. The quantitative estimate of drug-likeness (QED) is 0.288. The second kappa shape index (κ2) is 12.6. The Hall–Kier alpha value is -3.52. The Morgan fingerprint density at radius 3 is 2.26 bits per heavy atom. The average molecular weight is 635 g/mol. The molecule has 2 aliphatic rings. The van der Waals surface area contributed by atoms with Crippen LogP contribution < -0.4 is 4.90 Å². The molecule has 0 aliphatic carbocycles. The van der Waals surface area contributed by atoms with Crippen LogP contribution in [0.15, 0.2) is 60.7 Å². The molecule has 5 rings (SSSR count). The molecular weight excluding hydrogens is 605 g/mol. The lowest BCUT2D eigenvalue weighted by atomic mass is 9.93. The van der Waals surface area contributed by atoms with Crippen LogP contribution >= 0.6 is 23.2 Å². The highest BCUT2D eigenvalue weighted by molar-refractivity contribution is 6.42. The maximum atomic E-state index is 14.3. The van der Waals surface area contributed by atoms with Crippen LogP contribution in [0.5, 0.6) is 0 Å². The van der Waals surface area contributed by atoms with E-state index in [1.54, 1.807) is 29.2 Å². The second-order valence-electron chi connectivity index (χ2n) is 10.9. The number of carbonyl (C=O) groups excluding carboxylic acids is 1. The molecule has 3 aromatic carbocycles. The van der Waals surface area contributed by atoms with Crippen LogP contribution in [0.25, 0.3) is 0 Å². The summed E-state index contributed by atoms with van der Waals surface area (Å²) >= 11 is 12.5. The van der Waals surface area contributed by atoms with E-state index in [0.29, 0.717) is 60.4 Å². The number of piperazine rings is 1. The monoisotopic (exact) mass is 633 g/mol. The minimum atomic E-state index is -4.77. The highest BCUT2D eigenvalue weighted by Crippen LogP contribution is 2.36. The van der Waals surface area contributed by atoms with Crippen LogP contribution in [0.3, 0.4) is 0 Å². The van der Waals surface area contributed by atoms with Gasteiger partial charge in [0, 0.05) is 63.5 Å². The number of alkyl halides is 3. The lowest BCUT2D eigenvalue weighted by Crippen LogP contribution is -2.52. The van der Waals surface area contributed by atoms with Crippen molar-refractivity contribution in [2.24, 2.45) is 0 Å². The zero-order valence-corrected chi connectivity index (χ0v) is 24.8. The summed E-state index contributed by atoms with van der Waals surface area (Å²) in [5.74, 6) is -1.48. The lowest BCUT2D eigenvalue weighted by molar-refractivity contribution is -0.140. The normalized spacial score (nSPS) is 19.2. The number of carbonyl (C=O) groups is 1. The summed E-state index contributed by atoms with van der Waals surface area (Å²) in [7, 11) is 1.81. The summed E-state index contributed by atoms with van der Waals surface area (Å²) in [6, 6.07) is 17.5. The zero-order valence-electron chi connectivity index (χ0n) is 23.3. The van der Waals surface area contributed by atoms with Crippen LogP contribution in [0.4, 0.5) is 28.0 Å². The topological polar surface area (TPSA) is 53.8 Å². The number of amides is 2. The highest BCUT2D eigenvalue weighted by atomic mass is 35.5. The van der Waals surface area contributed by atoms with Crippen molar-refractivity contribution in [1.82, 2.24) is 14.7 Å². The van der Waals surface area contributed by atoms with E-state index in [9.17, 15) is 22.4 Å². The molecule has 2 amide bonds. The SMILES string of the molecule is CN(Cc1ccc(C(F)(F)F)c(F)c1)C1CN(C(=O)N2CCN(c3ccc(C#N)cc3)CC2)CC1c1ccc(Cl)c(Cl)c1.